The van der Waals surface area contributed by atoms with Crippen LogP contribution >= 0.6 is 0 Å². The van der Waals surface area contributed by atoms with Crippen LogP contribution in [-0.4, -0.2) is 28.9 Å². The molecular weight excluding hydrogens is 428 g/mol. The second-order valence-electron chi connectivity index (χ2n) is 7.94. The molecule has 2 amide bonds. The van der Waals surface area contributed by atoms with Gasteiger partial charge in [0, 0.05) is 24.0 Å². The van der Waals surface area contributed by atoms with Crippen LogP contribution in [0.15, 0.2) is 85.1 Å². The predicted octanol–water partition coefficient (Wildman–Crippen LogP) is 5.02. The Labute approximate surface area is 198 Å². The third-order valence-corrected chi connectivity index (χ3v) is 5.36. The predicted molar refractivity (Wildman–Crippen MR) is 132 cm³/mol. The zero-order valence-electron chi connectivity index (χ0n) is 19.1. The van der Waals surface area contributed by atoms with Gasteiger partial charge in [0.15, 0.2) is 0 Å². The normalized spacial score (nSPS) is 10.5. The molecule has 1 aromatic heterocycles. The summed E-state index contributed by atoms with van der Waals surface area (Å²) in [7, 11) is 1.31. The Morgan fingerprint density at radius 3 is 2.29 bits per heavy atom. The van der Waals surface area contributed by atoms with Crippen molar-refractivity contribution < 1.29 is 14.3 Å². The lowest BCUT2D eigenvalue weighted by molar-refractivity contribution is 0.0951. The highest BCUT2D eigenvalue weighted by Crippen LogP contribution is 2.23. The number of ether oxygens (including phenoxy) is 1. The molecule has 3 aromatic carbocycles. The van der Waals surface area contributed by atoms with E-state index < -0.39 is 6.09 Å². The number of benzene rings is 3. The van der Waals surface area contributed by atoms with E-state index in [-0.39, 0.29) is 5.91 Å². The maximum atomic E-state index is 13.2. The van der Waals surface area contributed by atoms with Crippen molar-refractivity contribution in [1.82, 2.24) is 15.1 Å². The molecule has 34 heavy (non-hydrogen) atoms. The lowest BCUT2D eigenvalue weighted by atomic mass is 10.1. The minimum Gasteiger partial charge on any atom is -0.453 e. The first-order chi connectivity index (χ1) is 16.5. The number of aryl methyl sites for hydroxylation is 1. The van der Waals surface area contributed by atoms with Crippen LogP contribution in [0, 0.1) is 6.92 Å². The third kappa shape index (κ3) is 5.69. The zero-order valence-corrected chi connectivity index (χ0v) is 19.1. The Hall–Kier alpha value is -4.39. The van der Waals surface area contributed by atoms with Gasteiger partial charge in [-0.15, -0.1) is 0 Å². The lowest BCUT2D eigenvalue weighted by Crippen LogP contribution is -2.23. The van der Waals surface area contributed by atoms with Crippen LogP contribution in [-0.2, 0) is 17.8 Å². The Balaban J connectivity index is 1.52. The number of rotatable bonds is 7. The molecule has 4 rings (SSSR count). The highest BCUT2D eigenvalue weighted by Gasteiger charge is 2.18. The molecule has 0 atom stereocenters. The maximum absolute atomic E-state index is 13.2. The first-order valence-corrected chi connectivity index (χ1v) is 10.9. The molecule has 0 saturated carbocycles. The van der Waals surface area contributed by atoms with Crippen molar-refractivity contribution in [2.45, 2.75) is 20.0 Å². The van der Waals surface area contributed by atoms with Crippen LogP contribution in [0.5, 0.6) is 0 Å². The first-order valence-electron chi connectivity index (χ1n) is 10.9. The first kappa shape index (κ1) is 22.8. The van der Waals surface area contributed by atoms with Crippen molar-refractivity contribution in [1.29, 1.82) is 0 Å². The molecule has 0 radical (unpaired) electrons. The van der Waals surface area contributed by atoms with E-state index >= 15 is 0 Å². The largest absolute Gasteiger partial charge is 0.453 e. The van der Waals surface area contributed by atoms with E-state index in [9.17, 15) is 9.59 Å². The maximum Gasteiger partial charge on any atom is 0.411 e. The fourth-order valence-corrected chi connectivity index (χ4v) is 3.52. The SMILES string of the molecule is COC(=O)Nc1ccc(CNC(=O)c2cn(Cc3ccccc3)nc2-c2ccc(C)cc2)cc1. The monoisotopic (exact) mass is 454 g/mol. The number of nitrogens with zero attached hydrogens (tertiary/aromatic N) is 2. The molecule has 172 valence electrons. The van der Waals surface area contributed by atoms with E-state index in [1.807, 2.05) is 73.7 Å². The number of hydrogen-bond acceptors (Lipinski definition) is 4. The highest BCUT2D eigenvalue weighted by molar-refractivity contribution is 5.99. The summed E-state index contributed by atoms with van der Waals surface area (Å²) in [6, 6.07) is 25.2. The summed E-state index contributed by atoms with van der Waals surface area (Å²) in [5.74, 6) is -0.202. The van der Waals surface area contributed by atoms with Gasteiger partial charge < -0.3 is 10.1 Å². The standard InChI is InChI=1S/C27H26N4O3/c1-19-8-12-22(13-9-19)25-24(18-31(30-25)17-21-6-4-3-5-7-21)26(32)28-16-20-10-14-23(15-11-20)29-27(33)34-2/h3-15,18H,16-17H2,1-2H3,(H,28,32)(H,29,33). The van der Waals surface area contributed by atoms with E-state index in [2.05, 4.69) is 15.4 Å². The van der Waals surface area contributed by atoms with Gasteiger partial charge in [0.05, 0.1) is 19.2 Å². The molecule has 0 aliphatic heterocycles. The van der Waals surface area contributed by atoms with E-state index in [1.54, 1.807) is 23.0 Å². The molecule has 0 saturated heterocycles. The smallest absolute Gasteiger partial charge is 0.411 e. The second-order valence-corrected chi connectivity index (χ2v) is 7.94. The van der Waals surface area contributed by atoms with Crippen molar-refractivity contribution in [2.24, 2.45) is 0 Å². The fraction of sp³-hybridized carbons (Fsp3) is 0.148. The second kappa shape index (κ2) is 10.5. The number of aromatic nitrogens is 2. The van der Waals surface area contributed by atoms with Crippen molar-refractivity contribution in [3.05, 3.63) is 107 Å². The van der Waals surface area contributed by atoms with E-state index in [4.69, 9.17) is 5.10 Å². The van der Waals surface area contributed by atoms with E-state index in [1.165, 1.54) is 7.11 Å². The molecule has 0 spiro atoms. The minimum absolute atomic E-state index is 0.202. The number of nitrogens with one attached hydrogen (secondary N) is 2. The molecule has 4 aromatic rings. The van der Waals surface area contributed by atoms with Crippen LogP contribution < -0.4 is 10.6 Å². The molecule has 2 N–H and O–H groups in total. The van der Waals surface area contributed by atoms with E-state index in [0.717, 1.165) is 22.3 Å². The Morgan fingerprint density at radius 1 is 0.912 bits per heavy atom. The summed E-state index contributed by atoms with van der Waals surface area (Å²) in [4.78, 5) is 24.5. The van der Waals surface area contributed by atoms with Gasteiger partial charge in [-0.2, -0.15) is 5.10 Å². The summed E-state index contributed by atoms with van der Waals surface area (Å²) < 4.78 is 6.39. The van der Waals surface area contributed by atoms with Gasteiger partial charge in [0.2, 0.25) is 0 Å². The Kier molecular flexibility index (Phi) is 7.03. The summed E-state index contributed by atoms with van der Waals surface area (Å²) in [6.07, 6.45) is 1.26. The topological polar surface area (TPSA) is 85.3 Å². The van der Waals surface area contributed by atoms with Gasteiger partial charge in [-0.3, -0.25) is 14.8 Å². The number of anilines is 1. The van der Waals surface area contributed by atoms with Crippen LogP contribution in [0.4, 0.5) is 10.5 Å². The molecule has 0 fully saturated rings. The number of hydrogen-bond donors (Lipinski definition) is 2. The molecule has 0 bridgehead atoms. The lowest BCUT2D eigenvalue weighted by Gasteiger charge is -2.08. The van der Waals surface area contributed by atoms with Crippen LogP contribution in [0.1, 0.15) is 27.0 Å². The Bertz CT molecular complexity index is 1260. The quantitative estimate of drug-likeness (QED) is 0.411. The van der Waals surface area contributed by atoms with Crippen LogP contribution in [0.2, 0.25) is 0 Å². The third-order valence-electron chi connectivity index (χ3n) is 5.36. The van der Waals surface area contributed by atoms with Gasteiger partial charge in [0.25, 0.3) is 5.91 Å². The minimum atomic E-state index is -0.530. The summed E-state index contributed by atoms with van der Waals surface area (Å²) >= 11 is 0. The van der Waals surface area contributed by atoms with Gasteiger partial charge in [0.1, 0.15) is 5.69 Å². The van der Waals surface area contributed by atoms with Crippen LogP contribution in [0.3, 0.4) is 0 Å². The molecule has 0 aliphatic rings. The van der Waals surface area contributed by atoms with Crippen LogP contribution in [0.25, 0.3) is 11.3 Å². The molecule has 0 unspecified atom stereocenters. The van der Waals surface area contributed by atoms with Gasteiger partial charge in [-0.25, -0.2) is 4.79 Å². The van der Waals surface area contributed by atoms with Crippen molar-refractivity contribution in [3.8, 4) is 11.3 Å². The molecule has 7 nitrogen and oxygen atoms in total. The molecule has 7 heteroatoms. The average Bonchev–Trinajstić information content (AvgIpc) is 3.28. The van der Waals surface area contributed by atoms with Crippen molar-refractivity contribution in [3.63, 3.8) is 0 Å². The number of methoxy groups -OCH3 is 1. The van der Waals surface area contributed by atoms with Gasteiger partial charge in [-0.05, 0) is 30.2 Å². The molecule has 0 aliphatic carbocycles. The summed E-state index contributed by atoms with van der Waals surface area (Å²) in [6.45, 7) is 2.94. The van der Waals surface area contributed by atoms with Gasteiger partial charge >= 0.3 is 6.09 Å². The summed E-state index contributed by atoms with van der Waals surface area (Å²) in [5, 5.41) is 10.3. The number of carbonyl (C=O) groups is 2. The molecular formula is C27H26N4O3. The number of amides is 2. The average molecular weight is 455 g/mol. The molecule has 1 heterocycles. The number of carbonyl (C=O) groups excluding carboxylic acids is 2. The zero-order chi connectivity index (χ0) is 23.9. The van der Waals surface area contributed by atoms with Gasteiger partial charge in [-0.1, -0.05) is 72.3 Å². The van der Waals surface area contributed by atoms with Crippen molar-refractivity contribution in [2.75, 3.05) is 12.4 Å². The highest BCUT2D eigenvalue weighted by atomic mass is 16.5. The Morgan fingerprint density at radius 2 is 1.62 bits per heavy atom. The summed E-state index contributed by atoms with van der Waals surface area (Å²) in [5.41, 5.74) is 5.82. The fourth-order valence-electron chi connectivity index (χ4n) is 3.52. The van der Waals surface area contributed by atoms with Crippen molar-refractivity contribution >= 4 is 17.7 Å². The van der Waals surface area contributed by atoms with E-state index in [0.29, 0.717) is 30.0 Å².